The second-order valence-corrected chi connectivity index (χ2v) is 3.85. The quantitative estimate of drug-likeness (QED) is 0.791. The van der Waals surface area contributed by atoms with Crippen molar-refractivity contribution in [3.63, 3.8) is 0 Å². The lowest BCUT2D eigenvalue weighted by atomic mass is 10.1. The highest BCUT2D eigenvalue weighted by Gasteiger charge is 2.09. The van der Waals surface area contributed by atoms with E-state index in [1.54, 1.807) is 14.0 Å². The summed E-state index contributed by atoms with van der Waals surface area (Å²) in [5.41, 5.74) is 0.833. The summed E-state index contributed by atoms with van der Waals surface area (Å²) in [4.78, 5) is 11.3. The van der Waals surface area contributed by atoms with Gasteiger partial charge < -0.3 is 9.47 Å². The average molecular weight is 273 g/mol. The summed E-state index contributed by atoms with van der Waals surface area (Å²) in [5, 5.41) is 0. The molecule has 82 valence electrons. The molecule has 0 atom stereocenters. The van der Waals surface area contributed by atoms with Crippen molar-refractivity contribution in [2.45, 2.75) is 13.3 Å². The fraction of sp³-hybridized carbons (Fsp3) is 0.364. The predicted molar refractivity (Wildman–Crippen MR) is 61.0 cm³/mol. The number of rotatable bonds is 4. The first kappa shape index (κ1) is 12.0. The van der Waals surface area contributed by atoms with E-state index in [2.05, 4.69) is 15.9 Å². The van der Waals surface area contributed by atoms with Crippen molar-refractivity contribution in [1.82, 2.24) is 0 Å². The van der Waals surface area contributed by atoms with Gasteiger partial charge in [-0.15, -0.1) is 0 Å². The molecule has 0 amide bonds. The standard InChI is InChI=1S/C11H13BrO3/c1-3-15-11(13)6-8-4-5-9(12)7-10(8)14-2/h4-5,7H,3,6H2,1-2H3. The number of methoxy groups -OCH3 is 1. The molecule has 0 bridgehead atoms. The maximum atomic E-state index is 11.3. The van der Waals surface area contributed by atoms with Crippen molar-refractivity contribution in [2.24, 2.45) is 0 Å². The molecule has 1 rings (SSSR count). The number of hydrogen-bond acceptors (Lipinski definition) is 3. The Morgan fingerprint density at radius 3 is 2.80 bits per heavy atom. The zero-order chi connectivity index (χ0) is 11.3. The zero-order valence-electron chi connectivity index (χ0n) is 8.75. The smallest absolute Gasteiger partial charge is 0.310 e. The lowest BCUT2D eigenvalue weighted by Gasteiger charge is -2.08. The van der Waals surface area contributed by atoms with Crippen LogP contribution in [0.3, 0.4) is 0 Å². The third-order valence-electron chi connectivity index (χ3n) is 1.89. The maximum absolute atomic E-state index is 11.3. The molecule has 0 unspecified atom stereocenters. The van der Waals surface area contributed by atoms with Gasteiger partial charge in [0, 0.05) is 10.0 Å². The number of halogens is 1. The highest BCUT2D eigenvalue weighted by Crippen LogP contribution is 2.23. The molecule has 15 heavy (non-hydrogen) atoms. The zero-order valence-corrected chi connectivity index (χ0v) is 10.3. The van der Waals surface area contributed by atoms with Gasteiger partial charge in [-0.1, -0.05) is 22.0 Å². The Morgan fingerprint density at radius 2 is 2.20 bits per heavy atom. The molecule has 3 nitrogen and oxygen atoms in total. The third kappa shape index (κ3) is 3.55. The van der Waals surface area contributed by atoms with Gasteiger partial charge in [-0.2, -0.15) is 0 Å². The van der Waals surface area contributed by atoms with Crippen LogP contribution in [0.5, 0.6) is 5.75 Å². The Labute approximate surface area is 97.5 Å². The second-order valence-electron chi connectivity index (χ2n) is 2.94. The molecule has 0 N–H and O–H groups in total. The highest BCUT2D eigenvalue weighted by molar-refractivity contribution is 9.10. The lowest BCUT2D eigenvalue weighted by molar-refractivity contribution is -0.142. The molecule has 0 aliphatic carbocycles. The van der Waals surface area contributed by atoms with Crippen LogP contribution < -0.4 is 4.74 Å². The fourth-order valence-electron chi connectivity index (χ4n) is 1.23. The molecule has 0 radical (unpaired) electrons. The van der Waals surface area contributed by atoms with Crippen LogP contribution in [0, 0.1) is 0 Å². The molecule has 1 aromatic carbocycles. The molecule has 0 saturated heterocycles. The van der Waals surface area contributed by atoms with Gasteiger partial charge >= 0.3 is 5.97 Å². The summed E-state index contributed by atoms with van der Waals surface area (Å²) in [6, 6.07) is 5.55. The van der Waals surface area contributed by atoms with E-state index in [0.717, 1.165) is 10.0 Å². The van der Waals surface area contributed by atoms with Gasteiger partial charge in [-0.3, -0.25) is 4.79 Å². The first-order valence-electron chi connectivity index (χ1n) is 4.65. The van der Waals surface area contributed by atoms with Crippen LogP contribution in [0.15, 0.2) is 22.7 Å². The monoisotopic (exact) mass is 272 g/mol. The van der Waals surface area contributed by atoms with Crippen LogP contribution in [-0.4, -0.2) is 19.7 Å². The molecular formula is C11H13BrO3. The summed E-state index contributed by atoms with van der Waals surface area (Å²) < 4.78 is 11.0. The lowest BCUT2D eigenvalue weighted by Crippen LogP contribution is -2.08. The van der Waals surface area contributed by atoms with E-state index in [4.69, 9.17) is 9.47 Å². The third-order valence-corrected chi connectivity index (χ3v) is 2.38. The molecular weight excluding hydrogens is 260 g/mol. The van der Waals surface area contributed by atoms with Gasteiger partial charge in [0.25, 0.3) is 0 Å². The Hall–Kier alpha value is -1.03. The minimum atomic E-state index is -0.238. The topological polar surface area (TPSA) is 35.5 Å². The first-order valence-corrected chi connectivity index (χ1v) is 5.44. The van der Waals surface area contributed by atoms with E-state index in [1.165, 1.54) is 0 Å². The van der Waals surface area contributed by atoms with Crippen LogP contribution in [-0.2, 0) is 16.0 Å². The number of carbonyl (C=O) groups excluding carboxylic acids is 1. The van der Waals surface area contributed by atoms with Crippen LogP contribution >= 0.6 is 15.9 Å². The first-order chi connectivity index (χ1) is 7.17. The summed E-state index contributed by atoms with van der Waals surface area (Å²) in [7, 11) is 1.58. The summed E-state index contributed by atoms with van der Waals surface area (Å²) >= 11 is 3.34. The van der Waals surface area contributed by atoms with E-state index < -0.39 is 0 Å². The van der Waals surface area contributed by atoms with Gasteiger partial charge in [0.2, 0.25) is 0 Å². The summed E-state index contributed by atoms with van der Waals surface area (Å²) in [6.07, 6.45) is 0.240. The van der Waals surface area contributed by atoms with Crippen molar-refractivity contribution in [2.75, 3.05) is 13.7 Å². The van der Waals surface area contributed by atoms with Crippen molar-refractivity contribution in [3.8, 4) is 5.75 Å². The van der Waals surface area contributed by atoms with Gasteiger partial charge in [-0.25, -0.2) is 0 Å². The Morgan fingerprint density at radius 1 is 1.47 bits per heavy atom. The van der Waals surface area contributed by atoms with Crippen molar-refractivity contribution in [1.29, 1.82) is 0 Å². The van der Waals surface area contributed by atoms with E-state index in [1.807, 2.05) is 18.2 Å². The minimum Gasteiger partial charge on any atom is -0.496 e. The molecule has 0 aliphatic heterocycles. The molecule has 0 saturated carbocycles. The molecule has 0 fully saturated rings. The van der Waals surface area contributed by atoms with E-state index in [-0.39, 0.29) is 12.4 Å². The van der Waals surface area contributed by atoms with Crippen molar-refractivity contribution < 1.29 is 14.3 Å². The summed E-state index contributed by atoms with van der Waals surface area (Å²) in [5.74, 6) is 0.454. The normalized spacial score (nSPS) is 9.80. The van der Waals surface area contributed by atoms with E-state index in [0.29, 0.717) is 12.4 Å². The summed E-state index contributed by atoms with van der Waals surface area (Å²) in [6.45, 7) is 2.19. The predicted octanol–water partition coefficient (Wildman–Crippen LogP) is 2.56. The fourth-order valence-corrected chi connectivity index (χ4v) is 1.57. The number of hydrogen-bond donors (Lipinski definition) is 0. The van der Waals surface area contributed by atoms with Crippen LogP contribution in [0.4, 0.5) is 0 Å². The second kappa shape index (κ2) is 5.75. The minimum absolute atomic E-state index is 0.238. The van der Waals surface area contributed by atoms with Crippen LogP contribution in [0.2, 0.25) is 0 Å². The van der Waals surface area contributed by atoms with E-state index >= 15 is 0 Å². The number of ether oxygens (including phenoxy) is 2. The molecule has 0 aliphatic rings. The van der Waals surface area contributed by atoms with Gasteiger partial charge in [0.05, 0.1) is 20.1 Å². The highest BCUT2D eigenvalue weighted by atomic mass is 79.9. The Kier molecular flexibility index (Phi) is 4.62. The van der Waals surface area contributed by atoms with Gasteiger partial charge in [0.15, 0.2) is 0 Å². The van der Waals surface area contributed by atoms with Crippen LogP contribution in [0.1, 0.15) is 12.5 Å². The SMILES string of the molecule is CCOC(=O)Cc1ccc(Br)cc1OC. The number of esters is 1. The van der Waals surface area contributed by atoms with E-state index in [9.17, 15) is 4.79 Å². The van der Waals surface area contributed by atoms with Gasteiger partial charge in [-0.05, 0) is 19.1 Å². The van der Waals surface area contributed by atoms with Crippen molar-refractivity contribution in [3.05, 3.63) is 28.2 Å². The van der Waals surface area contributed by atoms with Gasteiger partial charge in [0.1, 0.15) is 5.75 Å². The van der Waals surface area contributed by atoms with Crippen LogP contribution in [0.25, 0.3) is 0 Å². The molecule has 0 spiro atoms. The van der Waals surface area contributed by atoms with Crippen molar-refractivity contribution >= 4 is 21.9 Å². The molecule has 0 heterocycles. The number of carbonyl (C=O) groups is 1. The Bertz CT molecular complexity index is 350. The Balaban J connectivity index is 2.80. The molecule has 0 aromatic heterocycles. The average Bonchev–Trinajstić information content (AvgIpc) is 2.21. The number of benzene rings is 1. The largest absolute Gasteiger partial charge is 0.496 e. The maximum Gasteiger partial charge on any atom is 0.310 e. The molecule has 4 heteroatoms. The molecule has 1 aromatic rings.